The van der Waals surface area contributed by atoms with Gasteiger partial charge in [-0.05, 0) is 27.8 Å². The highest BCUT2D eigenvalue weighted by Crippen LogP contribution is 2.37. The van der Waals surface area contributed by atoms with Crippen LogP contribution in [0.15, 0.2) is 157 Å². The minimum absolute atomic E-state index is 0.0204. The van der Waals surface area contributed by atoms with Crippen LogP contribution >= 0.6 is 0 Å². The number of hydrogen-bond acceptors (Lipinski definition) is 11. The van der Waals surface area contributed by atoms with E-state index < -0.39 is 60.6 Å². The molecule has 60 heavy (non-hydrogen) atoms. The molecule has 2 heterocycles. The zero-order valence-corrected chi connectivity index (χ0v) is 33.2. The average Bonchev–Trinajstić information content (AvgIpc) is 3.48. The summed E-state index contributed by atoms with van der Waals surface area (Å²) in [4.78, 5) is 4.97. The molecule has 4 N–H and O–H groups in total. The number of nitrogens with zero attached hydrogens (tertiary/aromatic N) is 1. The molecule has 8 rings (SSSR count). The minimum atomic E-state index is -1.87. The number of aliphatic hydroxyl groups is 3. The van der Waals surface area contributed by atoms with E-state index in [9.17, 15) is 15.3 Å². The van der Waals surface area contributed by atoms with Gasteiger partial charge in [0.15, 0.2) is 6.23 Å². The average molecular weight is 817 g/mol. The first-order valence-corrected chi connectivity index (χ1v) is 20.4. The fourth-order valence-electron chi connectivity index (χ4n) is 7.90. The van der Waals surface area contributed by atoms with E-state index in [2.05, 4.69) is 5.32 Å². The first kappa shape index (κ1) is 41.7. The molecular formula is C48H52N2O10. The lowest BCUT2D eigenvalue weighted by Gasteiger charge is -2.45. The quantitative estimate of drug-likeness (QED) is 0.0996. The largest absolute Gasteiger partial charge is 0.462 e. The van der Waals surface area contributed by atoms with E-state index in [1.165, 1.54) is 0 Å². The van der Waals surface area contributed by atoms with Gasteiger partial charge in [0.05, 0.1) is 45.7 Å². The first-order chi connectivity index (χ1) is 29.4. The Morgan fingerprint density at radius 3 is 1.45 bits per heavy atom. The van der Waals surface area contributed by atoms with Crippen LogP contribution in [0.3, 0.4) is 0 Å². The Morgan fingerprint density at radius 1 is 0.550 bits per heavy atom. The van der Waals surface area contributed by atoms with E-state index in [1.807, 2.05) is 152 Å². The highest BCUT2D eigenvalue weighted by Gasteiger charge is 2.63. The van der Waals surface area contributed by atoms with Crippen LogP contribution in [-0.2, 0) is 66.2 Å². The molecule has 5 aromatic rings. The van der Waals surface area contributed by atoms with Crippen LogP contribution < -0.4 is 5.32 Å². The topological polar surface area (TPSA) is 150 Å². The molecule has 0 bridgehead atoms. The molecule has 314 valence electrons. The van der Waals surface area contributed by atoms with Gasteiger partial charge in [-0.25, -0.2) is 4.99 Å². The van der Waals surface area contributed by atoms with Crippen LogP contribution in [0.1, 0.15) is 27.8 Å². The zero-order valence-electron chi connectivity index (χ0n) is 33.2. The minimum Gasteiger partial charge on any atom is -0.462 e. The van der Waals surface area contributed by atoms with E-state index in [0.717, 1.165) is 27.8 Å². The summed E-state index contributed by atoms with van der Waals surface area (Å²) in [7, 11) is 0. The summed E-state index contributed by atoms with van der Waals surface area (Å²) in [5.41, 5.74) is 2.88. The van der Waals surface area contributed by atoms with Crippen molar-refractivity contribution in [3.8, 4) is 0 Å². The van der Waals surface area contributed by atoms with Gasteiger partial charge in [-0.15, -0.1) is 0 Å². The highest BCUT2D eigenvalue weighted by molar-refractivity contribution is 5.75. The van der Waals surface area contributed by atoms with Crippen molar-refractivity contribution in [1.29, 1.82) is 0 Å². The number of hydrogen-bond donors (Lipinski definition) is 4. The maximum atomic E-state index is 11.7. The van der Waals surface area contributed by atoms with Crippen molar-refractivity contribution < 1.29 is 48.5 Å². The number of rotatable bonds is 17. The Morgan fingerprint density at radius 2 is 0.967 bits per heavy atom. The van der Waals surface area contributed by atoms with Crippen LogP contribution in [0.25, 0.3) is 0 Å². The predicted molar refractivity (Wildman–Crippen MR) is 222 cm³/mol. The number of nitrogens with one attached hydrogen (secondary N) is 1. The number of benzene rings is 5. The number of ether oxygens (including phenoxy) is 7. The van der Waals surface area contributed by atoms with Gasteiger partial charge in [-0.2, -0.15) is 0 Å². The molecule has 3 fully saturated rings. The summed E-state index contributed by atoms with van der Waals surface area (Å²) in [6, 6.07) is 48.0. The second-order valence-corrected chi connectivity index (χ2v) is 15.4. The summed E-state index contributed by atoms with van der Waals surface area (Å²) in [5, 5.41) is 37.1. The van der Waals surface area contributed by atoms with Crippen molar-refractivity contribution in [2.75, 3.05) is 13.2 Å². The van der Waals surface area contributed by atoms with Gasteiger partial charge in [0.2, 0.25) is 0 Å². The van der Waals surface area contributed by atoms with Crippen LogP contribution in [0.4, 0.5) is 0 Å². The Labute approximate surface area is 350 Å². The third-order valence-corrected chi connectivity index (χ3v) is 11.1. The highest BCUT2D eigenvalue weighted by atomic mass is 16.6. The second kappa shape index (κ2) is 20.0. The van der Waals surface area contributed by atoms with Gasteiger partial charge in [0.25, 0.3) is 6.02 Å². The molecule has 12 heteroatoms. The molecule has 1 saturated carbocycles. The fourth-order valence-corrected chi connectivity index (χ4v) is 7.90. The third-order valence-electron chi connectivity index (χ3n) is 11.1. The lowest BCUT2D eigenvalue weighted by Crippen LogP contribution is -2.65. The molecule has 1 unspecified atom stereocenters. The second-order valence-electron chi connectivity index (χ2n) is 15.4. The van der Waals surface area contributed by atoms with E-state index >= 15 is 0 Å². The molecule has 10 atom stereocenters. The number of aliphatic hydroxyl groups excluding tert-OH is 2. The third kappa shape index (κ3) is 10.1. The van der Waals surface area contributed by atoms with Crippen LogP contribution in [-0.4, -0.2) is 95.2 Å². The van der Waals surface area contributed by atoms with E-state index in [0.29, 0.717) is 6.61 Å². The van der Waals surface area contributed by atoms with Gasteiger partial charge in [0, 0.05) is 0 Å². The lowest BCUT2D eigenvalue weighted by molar-refractivity contribution is -0.271. The normalized spacial score (nSPS) is 29.4. The van der Waals surface area contributed by atoms with Gasteiger partial charge in [-0.1, -0.05) is 152 Å². The van der Waals surface area contributed by atoms with E-state index in [-0.39, 0.29) is 45.7 Å². The molecular weight excluding hydrogens is 765 g/mol. The zero-order chi connectivity index (χ0) is 41.2. The number of fused-ring (bicyclic) bond motifs is 1. The van der Waals surface area contributed by atoms with E-state index in [1.54, 1.807) is 0 Å². The van der Waals surface area contributed by atoms with Crippen molar-refractivity contribution in [1.82, 2.24) is 5.32 Å². The summed E-state index contributed by atoms with van der Waals surface area (Å²) in [5.74, 6) is 0. The first-order valence-electron chi connectivity index (χ1n) is 20.4. The molecule has 0 radical (unpaired) electrons. The van der Waals surface area contributed by atoms with Gasteiger partial charge in [-0.3, -0.25) is 0 Å². The van der Waals surface area contributed by atoms with Crippen LogP contribution in [0, 0.1) is 0 Å². The van der Waals surface area contributed by atoms with Crippen molar-refractivity contribution in [2.45, 2.75) is 93.6 Å². The standard InChI is InChI=1S/C48H52N2O10/c51-39-41(56-28-35-20-10-3-11-21-35)44-48(53,45(39)52)32-59-47(49-44)50-46-43(58-30-37-24-14-5-15-25-37)42(57-29-36-22-12-4-13-23-36)40(55-27-34-18-8-2-9-19-34)38(60-46)31-54-26-33-16-6-1-7-17-33/h1-25,38-46,51-53H,26-32H2,(H,49,50)/t38-,39+,40-,41-,42+,43-,44-,45+,46+,48?/m1/s1. The summed E-state index contributed by atoms with van der Waals surface area (Å²) in [6.07, 6.45) is -7.94. The molecule has 5 aromatic carbocycles. The van der Waals surface area contributed by atoms with Crippen LogP contribution in [0.2, 0.25) is 0 Å². The molecule has 1 aliphatic carbocycles. The molecule has 0 amide bonds. The SMILES string of the molecule is O[C@H]1[C@@H](OCc2ccccc2)[C@H]2N/C(=N/[C@H]3O[C@H](COCc4ccccc4)[C@@H](OCc4ccccc4)[C@H](OCc4ccccc4)[C@H]3OCc3ccccc3)OCC2(O)[C@H]1O. The molecule has 0 spiro atoms. The predicted octanol–water partition coefficient (Wildman–Crippen LogP) is 5.08. The van der Waals surface area contributed by atoms with Crippen molar-refractivity contribution in [3.63, 3.8) is 0 Å². The number of amidine groups is 1. The fraction of sp³-hybridized carbons (Fsp3) is 0.354. The molecule has 2 saturated heterocycles. The molecule has 12 nitrogen and oxygen atoms in total. The Hall–Kier alpha value is -4.99. The van der Waals surface area contributed by atoms with Crippen molar-refractivity contribution in [2.24, 2.45) is 4.99 Å². The summed E-state index contributed by atoms with van der Waals surface area (Å²) in [6.45, 7) is 1.00. The summed E-state index contributed by atoms with van der Waals surface area (Å²) >= 11 is 0. The van der Waals surface area contributed by atoms with Crippen molar-refractivity contribution >= 4 is 6.02 Å². The monoisotopic (exact) mass is 816 g/mol. The van der Waals surface area contributed by atoms with Crippen LogP contribution in [0.5, 0.6) is 0 Å². The number of aliphatic imine (C=N–C) groups is 1. The molecule has 0 aromatic heterocycles. The molecule has 2 aliphatic heterocycles. The maximum Gasteiger partial charge on any atom is 0.287 e. The Kier molecular flexibility index (Phi) is 13.9. The van der Waals surface area contributed by atoms with Crippen molar-refractivity contribution in [3.05, 3.63) is 179 Å². The smallest absolute Gasteiger partial charge is 0.287 e. The van der Waals surface area contributed by atoms with Gasteiger partial charge in [0.1, 0.15) is 54.9 Å². The molecule has 3 aliphatic rings. The van der Waals surface area contributed by atoms with E-state index in [4.69, 9.17) is 38.2 Å². The van der Waals surface area contributed by atoms with Gasteiger partial charge >= 0.3 is 0 Å². The Balaban J connectivity index is 1.12. The Bertz CT molecular complexity index is 2070. The maximum absolute atomic E-state index is 11.7. The lowest BCUT2D eigenvalue weighted by atomic mass is 9.95. The van der Waals surface area contributed by atoms with Gasteiger partial charge < -0.3 is 53.8 Å². The summed E-state index contributed by atoms with van der Waals surface area (Å²) < 4.78 is 45.8.